The number of phenols is 1. The van der Waals surface area contributed by atoms with Crippen LogP contribution in [0.1, 0.15) is 42.0 Å². The van der Waals surface area contributed by atoms with E-state index in [1.165, 1.54) is 0 Å². The van der Waals surface area contributed by atoms with Crippen molar-refractivity contribution in [2.45, 2.75) is 57.3 Å². The number of ether oxygens (including phenoxy) is 2. The van der Waals surface area contributed by atoms with Gasteiger partial charge >= 0.3 is 0 Å². The quantitative estimate of drug-likeness (QED) is 0.689. The fourth-order valence-corrected chi connectivity index (χ4v) is 4.97. The van der Waals surface area contributed by atoms with E-state index in [1.54, 1.807) is 0 Å². The number of aromatic hydroxyl groups is 1. The SMILES string of the molecule is Cc1cc2c(c(C)c1O)CCC(C)(CCOc1ccc(CC3SC(=O)NC3=O)cc1)O2. The highest BCUT2D eigenvalue weighted by atomic mass is 32.2. The summed E-state index contributed by atoms with van der Waals surface area (Å²) in [5.74, 6) is 1.76. The number of rotatable bonds is 6. The first-order valence-electron chi connectivity index (χ1n) is 10.5. The number of hydrogen-bond donors (Lipinski definition) is 2. The third-order valence-electron chi connectivity index (χ3n) is 6.10. The molecule has 2 amide bonds. The van der Waals surface area contributed by atoms with E-state index in [0.29, 0.717) is 18.8 Å². The van der Waals surface area contributed by atoms with Gasteiger partial charge in [-0.1, -0.05) is 23.9 Å². The van der Waals surface area contributed by atoms with Crippen LogP contribution in [-0.2, 0) is 17.6 Å². The van der Waals surface area contributed by atoms with Crippen LogP contribution in [-0.4, -0.2) is 33.7 Å². The summed E-state index contributed by atoms with van der Waals surface area (Å²) in [6.45, 7) is 6.46. The summed E-state index contributed by atoms with van der Waals surface area (Å²) in [5, 5.41) is 11.8. The average molecular weight is 442 g/mol. The fourth-order valence-electron chi connectivity index (χ4n) is 4.11. The molecule has 2 aliphatic heterocycles. The molecule has 2 aliphatic rings. The van der Waals surface area contributed by atoms with Gasteiger partial charge in [-0.05, 0) is 74.9 Å². The summed E-state index contributed by atoms with van der Waals surface area (Å²) in [4.78, 5) is 23.0. The number of imide groups is 1. The number of benzene rings is 2. The molecular weight excluding hydrogens is 414 g/mol. The Morgan fingerprint density at radius 1 is 1.26 bits per heavy atom. The smallest absolute Gasteiger partial charge is 0.286 e. The minimum absolute atomic E-state index is 0.224. The summed E-state index contributed by atoms with van der Waals surface area (Å²) >= 11 is 1.04. The van der Waals surface area contributed by atoms with E-state index in [9.17, 15) is 14.7 Å². The number of fused-ring (bicyclic) bond motifs is 1. The van der Waals surface area contributed by atoms with Crippen molar-refractivity contribution in [3.8, 4) is 17.2 Å². The lowest BCUT2D eigenvalue weighted by Crippen LogP contribution is -2.38. The molecule has 0 saturated carbocycles. The summed E-state index contributed by atoms with van der Waals surface area (Å²) in [5.41, 5.74) is 3.50. The van der Waals surface area contributed by atoms with Crippen LogP contribution in [0, 0.1) is 13.8 Å². The first-order valence-corrected chi connectivity index (χ1v) is 11.4. The highest BCUT2D eigenvalue weighted by molar-refractivity contribution is 8.15. The number of aryl methyl sites for hydroxylation is 1. The zero-order chi connectivity index (χ0) is 22.2. The maximum Gasteiger partial charge on any atom is 0.286 e. The third-order valence-corrected chi connectivity index (χ3v) is 7.08. The van der Waals surface area contributed by atoms with Gasteiger partial charge in [0.2, 0.25) is 5.91 Å². The van der Waals surface area contributed by atoms with Crippen molar-refractivity contribution in [1.82, 2.24) is 5.32 Å². The van der Waals surface area contributed by atoms with Gasteiger partial charge in [0.1, 0.15) is 22.8 Å². The molecule has 0 aliphatic carbocycles. The highest BCUT2D eigenvalue weighted by Gasteiger charge is 2.33. The van der Waals surface area contributed by atoms with Crippen molar-refractivity contribution in [3.05, 3.63) is 52.6 Å². The number of nitrogens with one attached hydrogen (secondary N) is 1. The van der Waals surface area contributed by atoms with Crippen LogP contribution < -0.4 is 14.8 Å². The number of thioether (sulfide) groups is 1. The van der Waals surface area contributed by atoms with Crippen molar-refractivity contribution < 1.29 is 24.2 Å². The summed E-state index contributed by atoms with van der Waals surface area (Å²) in [6, 6.07) is 9.57. The van der Waals surface area contributed by atoms with Gasteiger partial charge in [-0.25, -0.2) is 0 Å². The fraction of sp³-hybridized carbons (Fsp3) is 0.417. The van der Waals surface area contributed by atoms with E-state index in [4.69, 9.17) is 9.47 Å². The molecule has 2 unspecified atom stereocenters. The van der Waals surface area contributed by atoms with Crippen LogP contribution >= 0.6 is 11.8 Å². The molecule has 2 aromatic carbocycles. The standard InChI is InChI=1S/C24H27NO5S/c1-14-12-19-18(15(2)21(14)26)8-9-24(3,30-19)10-11-29-17-6-4-16(5-7-17)13-20-22(27)25-23(28)31-20/h4-7,12,20,26H,8-11,13H2,1-3H3,(H,25,27,28). The first-order chi connectivity index (χ1) is 14.7. The Morgan fingerprint density at radius 2 is 2.00 bits per heavy atom. The summed E-state index contributed by atoms with van der Waals surface area (Å²) in [7, 11) is 0. The monoisotopic (exact) mass is 441 g/mol. The van der Waals surface area contributed by atoms with Gasteiger partial charge in [0.25, 0.3) is 5.24 Å². The van der Waals surface area contributed by atoms with E-state index in [1.807, 2.05) is 44.2 Å². The van der Waals surface area contributed by atoms with Crippen LogP contribution in [0.4, 0.5) is 4.79 Å². The van der Waals surface area contributed by atoms with Gasteiger partial charge in [0, 0.05) is 12.0 Å². The largest absolute Gasteiger partial charge is 0.507 e. The van der Waals surface area contributed by atoms with Crippen LogP contribution in [0.5, 0.6) is 17.2 Å². The Hall–Kier alpha value is -2.67. The third kappa shape index (κ3) is 4.66. The second kappa shape index (κ2) is 8.46. The zero-order valence-electron chi connectivity index (χ0n) is 18.0. The number of hydrogen-bond acceptors (Lipinski definition) is 6. The molecule has 2 atom stereocenters. The van der Waals surface area contributed by atoms with Gasteiger partial charge in [0.05, 0.1) is 11.9 Å². The van der Waals surface area contributed by atoms with Crippen molar-refractivity contribution in [2.24, 2.45) is 0 Å². The maximum atomic E-state index is 11.7. The minimum atomic E-state index is -0.361. The summed E-state index contributed by atoms with van der Waals surface area (Å²) < 4.78 is 12.3. The van der Waals surface area contributed by atoms with E-state index < -0.39 is 0 Å². The molecule has 2 heterocycles. The first kappa shape index (κ1) is 21.6. The lowest BCUT2D eigenvalue weighted by Gasteiger charge is -2.37. The normalized spacial score (nSPS) is 22.6. The Bertz CT molecular complexity index is 1020. The molecular formula is C24H27NO5S. The van der Waals surface area contributed by atoms with Crippen molar-refractivity contribution in [1.29, 1.82) is 0 Å². The molecule has 0 aromatic heterocycles. The number of phenolic OH excluding ortho intramolecular Hbond substituents is 1. The van der Waals surface area contributed by atoms with Gasteiger partial charge in [0.15, 0.2) is 0 Å². The van der Waals surface area contributed by atoms with Crippen molar-refractivity contribution in [2.75, 3.05) is 6.61 Å². The number of amides is 2. The summed E-state index contributed by atoms with van der Waals surface area (Å²) in [6.07, 6.45) is 3.00. The molecule has 31 heavy (non-hydrogen) atoms. The maximum absolute atomic E-state index is 11.7. The Labute approximate surface area is 186 Å². The van der Waals surface area contributed by atoms with E-state index in [-0.39, 0.29) is 22.0 Å². The molecule has 164 valence electrons. The van der Waals surface area contributed by atoms with E-state index >= 15 is 0 Å². The molecule has 4 rings (SSSR count). The predicted molar refractivity (Wildman–Crippen MR) is 120 cm³/mol. The molecule has 0 bridgehead atoms. The predicted octanol–water partition coefficient (Wildman–Crippen LogP) is 4.46. The van der Waals surface area contributed by atoms with Gasteiger partial charge in [-0.2, -0.15) is 0 Å². The number of carbonyl (C=O) groups is 2. The molecule has 1 fully saturated rings. The molecule has 2 aromatic rings. The Morgan fingerprint density at radius 3 is 2.68 bits per heavy atom. The Balaban J connectivity index is 1.31. The van der Waals surface area contributed by atoms with Crippen LogP contribution in [0.2, 0.25) is 0 Å². The topological polar surface area (TPSA) is 84.9 Å². The molecule has 2 N–H and O–H groups in total. The van der Waals surface area contributed by atoms with Crippen molar-refractivity contribution >= 4 is 22.9 Å². The van der Waals surface area contributed by atoms with Gasteiger partial charge < -0.3 is 14.6 Å². The van der Waals surface area contributed by atoms with E-state index in [2.05, 4.69) is 12.2 Å². The highest BCUT2D eigenvalue weighted by Crippen LogP contribution is 2.41. The second-order valence-corrected chi connectivity index (χ2v) is 9.70. The molecule has 7 heteroatoms. The Kier molecular flexibility index (Phi) is 5.88. The van der Waals surface area contributed by atoms with Gasteiger partial charge in [-0.15, -0.1) is 0 Å². The van der Waals surface area contributed by atoms with Crippen molar-refractivity contribution in [3.63, 3.8) is 0 Å². The molecule has 0 spiro atoms. The average Bonchev–Trinajstić information content (AvgIpc) is 3.04. The van der Waals surface area contributed by atoms with Crippen LogP contribution in [0.3, 0.4) is 0 Å². The lowest BCUT2D eigenvalue weighted by molar-refractivity contribution is -0.118. The zero-order valence-corrected chi connectivity index (χ0v) is 18.8. The molecule has 1 saturated heterocycles. The van der Waals surface area contributed by atoms with Crippen LogP contribution in [0.25, 0.3) is 0 Å². The van der Waals surface area contributed by atoms with Crippen LogP contribution in [0.15, 0.2) is 30.3 Å². The minimum Gasteiger partial charge on any atom is -0.507 e. The van der Waals surface area contributed by atoms with Gasteiger partial charge in [-0.3, -0.25) is 14.9 Å². The lowest BCUT2D eigenvalue weighted by atomic mass is 9.87. The van der Waals surface area contributed by atoms with E-state index in [0.717, 1.165) is 64.8 Å². The number of carbonyl (C=O) groups excluding carboxylic acids is 2. The molecule has 6 nitrogen and oxygen atoms in total. The second-order valence-electron chi connectivity index (χ2n) is 8.53. The molecule has 0 radical (unpaired) electrons.